The van der Waals surface area contributed by atoms with Gasteiger partial charge in [-0.15, -0.1) is 5.10 Å². The second-order valence-electron chi connectivity index (χ2n) is 4.28. The first-order chi connectivity index (χ1) is 9.72. The predicted octanol–water partition coefficient (Wildman–Crippen LogP) is 2.88. The summed E-state index contributed by atoms with van der Waals surface area (Å²) in [5, 5.41) is 5.22. The molecular formula is C13H8BrN5O. The van der Waals surface area contributed by atoms with Crippen molar-refractivity contribution in [1.29, 1.82) is 0 Å². The highest BCUT2D eigenvalue weighted by molar-refractivity contribution is 9.10. The standard InChI is InChI=1S/C13H8BrN5O/c14-7-3-4-9-8(6-7)12-17-11(10-2-1-5-20-10)18-19(12)13(15)16-9/h1-6H,(H2,15,16). The molecule has 0 amide bonds. The van der Waals surface area contributed by atoms with Gasteiger partial charge >= 0.3 is 0 Å². The Hall–Kier alpha value is -2.41. The molecule has 2 N–H and O–H groups in total. The van der Waals surface area contributed by atoms with Gasteiger partial charge in [0.1, 0.15) is 0 Å². The summed E-state index contributed by atoms with van der Waals surface area (Å²) >= 11 is 3.45. The Morgan fingerprint density at radius 2 is 2.10 bits per heavy atom. The summed E-state index contributed by atoms with van der Waals surface area (Å²) in [4.78, 5) is 8.83. The number of hydrogen-bond donors (Lipinski definition) is 1. The van der Waals surface area contributed by atoms with Crippen LogP contribution in [0.1, 0.15) is 0 Å². The Labute approximate surface area is 121 Å². The second-order valence-corrected chi connectivity index (χ2v) is 5.20. The van der Waals surface area contributed by atoms with Gasteiger partial charge in [0, 0.05) is 9.86 Å². The fraction of sp³-hybridized carbons (Fsp3) is 0. The average Bonchev–Trinajstić information content (AvgIpc) is 3.08. The summed E-state index contributed by atoms with van der Waals surface area (Å²) in [5.41, 5.74) is 7.36. The summed E-state index contributed by atoms with van der Waals surface area (Å²) in [7, 11) is 0. The van der Waals surface area contributed by atoms with E-state index in [1.165, 1.54) is 4.52 Å². The number of rotatable bonds is 1. The first-order valence-corrected chi connectivity index (χ1v) is 6.67. The minimum atomic E-state index is 0.292. The molecule has 4 rings (SSSR count). The van der Waals surface area contributed by atoms with Crippen molar-refractivity contribution in [3.05, 3.63) is 41.1 Å². The van der Waals surface area contributed by atoms with Gasteiger partial charge in [0.2, 0.25) is 11.8 Å². The Balaban J connectivity index is 2.12. The van der Waals surface area contributed by atoms with Crippen LogP contribution in [0.4, 0.5) is 5.95 Å². The first kappa shape index (κ1) is 11.4. The Morgan fingerprint density at radius 3 is 2.90 bits per heavy atom. The topological polar surface area (TPSA) is 82.2 Å². The quantitative estimate of drug-likeness (QED) is 0.580. The van der Waals surface area contributed by atoms with Crippen molar-refractivity contribution in [2.24, 2.45) is 0 Å². The van der Waals surface area contributed by atoms with Crippen molar-refractivity contribution in [2.45, 2.75) is 0 Å². The van der Waals surface area contributed by atoms with Crippen LogP contribution in [-0.2, 0) is 0 Å². The van der Waals surface area contributed by atoms with E-state index in [2.05, 4.69) is 31.0 Å². The average molecular weight is 330 g/mol. The number of nitrogen functional groups attached to an aromatic ring is 1. The number of hydrogen-bond acceptors (Lipinski definition) is 5. The van der Waals surface area contributed by atoms with Crippen LogP contribution in [-0.4, -0.2) is 19.6 Å². The molecule has 0 aliphatic rings. The molecule has 3 heterocycles. The van der Waals surface area contributed by atoms with Gasteiger partial charge in [0.25, 0.3) is 0 Å². The lowest BCUT2D eigenvalue weighted by Gasteiger charge is -2.02. The number of furan rings is 1. The van der Waals surface area contributed by atoms with Crippen LogP contribution in [0, 0.1) is 0 Å². The fourth-order valence-electron chi connectivity index (χ4n) is 2.11. The smallest absolute Gasteiger partial charge is 0.223 e. The molecule has 0 radical (unpaired) electrons. The van der Waals surface area contributed by atoms with Gasteiger partial charge in [0.15, 0.2) is 11.4 Å². The molecule has 0 aliphatic heterocycles. The maximum absolute atomic E-state index is 5.93. The van der Waals surface area contributed by atoms with Gasteiger partial charge < -0.3 is 10.2 Å². The van der Waals surface area contributed by atoms with Gasteiger partial charge in [-0.05, 0) is 30.3 Å². The minimum absolute atomic E-state index is 0.292. The van der Waals surface area contributed by atoms with E-state index in [-0.39, 0.29) is 0 Å². The van der Waals surface area contributed by atoms with Crippen LogP contribution < -0.4 is 5.73 Å². The Morgan fingerprint density at radius 1 is 1.20 bits per heavy atom. The molecule has 0 unspecified atom stereocenters. The van der Waals surface area contributed by atoms with Crippen molar-refractivity contribution in [2.75, 3.05) is 5.73 Å². The van der Waals surface area contributed by atoms with E-state index in [0.717, 1.165) is 15.4 Å². The van der Waals surface area contributed by atoms with Crippen molar-refractivity contribution < 1.29 is 4.42 Å². The molecule has 0 saturated heterocycles. The third-order valence-corrected chi connectivity index (χ3v) is 3.49. The van der Waals surface area contributed by atoms with E-state index in [1.54, 1.807) is 18.4 Å². The maximum atomic E-state index is 5.93. The summed E-state index contributed by atoms with van der Waals surface area (Å²) in [6.45, 7) is 0. The summed E-state index contributed by atoms with van der Waals surface area (Å²) < 4.78 is 7.78. The lowest BCUT2D eigenvalue weighted by molar-refractivity contribution is 0.577. The SMILES string of the molecule is Nc1nc2ccc(Br)cc2c2nc(-c3ccco3)nn12. The molecule has 0 fully saturated rings. The molecule has 4 aromatic rings. The van der Waals surface area contributed by atoms with Crippen molar-refractivity contribution in [1.82, 2.24) is 19.6 Å². The van der Waals surface area contributed by atoms with Gasteiger partial charge in [-0.25, -0.2) is 9.97 Å². The molecule has 0 atom stereocenters. The van der Waals surface area contributed by atoms with Crippen molar-refractivity contribution in [3.8, 4) is 11.6 Å². The Kier molecular flexibility index (Phi) is 2.31. The monoisotopic (exact) mass is 329 g/mol. The molecule has 3 aromatic heterocycles. The van der Waals surface area contributed by atoms with Crippen molar-refractivity contribution >= 4 is 38.4 Å². The van der Waals surface area contributed by atoms with Gasteiger partial charge in [-0.3, -0.25) is 0 Å². The van der Waals surface area contributed by atoms with Crippen LogP contribution in [0.5, 0.6) is 0 Å². The third-order valence-electron chi connectivity index (χ3n) is 3.00. The van der Waals surface area contributed by atoms with Gasteiger partial charge in [0.05, 0.1) is 11.8 Å². The highest BCUT2D eigenvalue weighted by atomic mass is 79.9. The van der Waals surface area contributed by atoms with E-state index < -0.39 is 0 Å². The zero-order chi connectivity index (χ0) is 13.7. The maximum Gasteiger partial charge on any atom is 0.223 e. The minimum Gasteiger partial charge on any atom is -0.461 e. The van der Waals surface area contributed by atoms with E-state index in [0.29, 0.717) is 23.2 Å². The molecule has 1 aromatic carbocycles. The van der Waals surface area contributed by atoms with E-state index in [9.17, 15) is 0 Å². The highest BCUT2D eigenvalue weighted by Gasteiger charge is 2.14. The van der Waals surface area contributed by atoms with Crippen LogP contribution in [0.15, 0.2) is 45.5 Å². The molecule has 0 aliphatic carbocycles. The Bertz CT molecular complexity index is 929. The summed E-state index contributed by atoms with van der Waals surface area (Å²) in [5.74, 6) is 1.37. The van der Waals surface area contributed by atoms with Crippen molar-refractivity contribution in [3.63, 3.8) is 0 Å². The van der Waals surface area contributed by atoms with Gasteiger partial charge in [-0.2, -0.15) is 4.52 Å². The van der Waals surface area contributed by atoms with E-state index >= 15 is 0 Å². The molecule has 0 bridgehead atoms. The molecule has 98 valence electrons. The molecule has 20 heavy (non-hydrogen) atoms. The third kappa shape index (κ3) is 1.60. The molecule has 6 nitrogen and oxygen atoms in total. The summed E-state index contributed by atoms with van der Waals surface area (Å²) in [6, 6.07) is 9.33. The molecule has 0 saturated carbocycles. The zero-order valence-corrected chi connectivity index (χ0v) is 11.7. The van der Waals surface area contributed by atoms with Crippen LogP contribution in [0.3, 0.4) is 0 Å². The molecule has 7 heteroatoms. The lowest BCUT2D eigenvalue weighted by Crippen LogP contribution is -2.02. The number of nitrogens with zero attached hydrogens (tertiary/aromatic N) is 4. The number of benzene rings is 1. The summed E-state index contributed by atoms with van der Waals surface area (Å²) in [6.07, 6.45) is 1.58. The predicted molar refractivity (Wildman–Crippen MR) is 78.1 cm³/mol. The zero-order valence-electron chi connectivity index (χ0n) is 10.1. The van der Waals surface area contributed by atoms with Crippen LogP contribution >= 0.6 is 15.9 Å². The van der Waals surface area contributed by atoms with Crippen LogP contribution in [0.2, 0.25) is 0 Å². The van der Waals surface area contributed by atoms with Gasteiger partial charge in [-0.1, -0.05) is 15.9 Å². The number of fused-ring (bicyclic) bond motifs is 3. The number of halogens is 1. The highest BCUT2D eigenvalue weighted by Crippen LogP contribution is 2.25. The molecule has 0 spiro atoms. The second kappa shape index (κ2) is 4.04. The number of nitrogens with two attached hydrogens (primary N) is 1. The lowest BCUT2D eigenvalue weighted by atomic mass is 10.2. The van der Waals surface area contributed by atoms with Crippen LogP contribution in [0.25, 0.3) is 28.1 Å². The first-order valence-electron chi connectivity index (χ1n) is 5.88. The number of anilines is 1. The number of aromatic nitrogens is 4. The van der Waals surface area contributed by atoms with E-state index in [1.807, 2.05) is 18.2 Å². The van der Waals surface area contributed by atoms with E-state index in [4.69, 9.17) is 10.2 Å². The molecular weight excluding hydrogens is 322 g/mol. The fourth-order valence-corrected chi connectivity index (χ4v) is 2.47. The normalized spacial score (nSPS) is 11.4. The largest absolute Gasteiger partial charge is 0.461 e.